The average molecular weight is 364 g/mol. The Morgan fingerprint density at radius 3 is 2.75 bits per heavy atom. The molecule has 0 saturated heterocycles. The Morgan fingerprint density at radius 1 is 1.33 bits per heavy atom. The number of halogens is 1. The standard InChI is InChI=1S/C16H14ClN3O3S/c1-9-8-24-16-18-10(2)14(15(22)20(9)16)19-13(21)7-23-12-5-3-11(17)4-6-12/h3-6,8H,7H2,1-2H3,(H,19,21). The number of ether oxygens (including phenoxy) is 1. The molecular formula is C16H14ClN3O3S. The van der Waals surface area contributed by atoms with Gasteiger partial charge in [-0.3, -0.25) is 14.0 Å². The molecule has 2 aromatic heterocycles. The van der Waals surface area contributed by atoms with E-state index in [-0.39, 0.29) is 17.9 Å². The number of nitrogens with zero attached hydrogens (tertiary/aromatic N) is 2. The SMILES string of the molecule is Cc1nc2scc(C)n2c(=O)c1NC(=O)COc1ccc(Cl)cc1. The van der Waals surface area contributed by atoms with Crippen molar-refractivity contribution in [3.8, 4) is 5.75 Å². The van der Waals surface area contributed by atoms with Gasteiger partial charge in [-0.1, -0.05) is 11.6 Å². The van der Waals surface area contributed by atoms with Gasteiger partial charge in [0.2, 0.25) is 0 Å². The highest BCUT2D eigenvalue weighted by Gasteiger charge is 2.15. The molecule has 0 spiro atoms. The minimum atomic E-state index is -0.431. The Balaban J connectivity index is 1.76. The summed E-state index contributed by atoms with van der Waals surface area (Å²) in [7, 11) is 0. The van der Waals surface area contributed by atoms with Crippen LogP contribution in [0.5, 0.6) is 5.75 Å². The van der Waals surface area contributed by atoms with Crippen molar-refractivity contribution in [1.29, 1.82) is 0 Å². The van der Waals surface area contributed by atoms with E-state index < -0.39 is 5.91 Å². The van der Waals surface area contributed by atoms with Crippen LogP contribution >= 0.6 is 22.9 Å². The summed E-state index contributed by atoms with van der Waals surface area (Å²) in [5, 5.41) is 5.02. The molecule has 3 rings (SSSR count). The maximum atomic E-state index is 12.5. The van der Waals surface area contributed by atoms with Gasteiger partial charge in [0.25, 0.3) is 11.5 Å². The molecule has 8 heteroatoms. The van der Waals surface area contributed by atoms with Crippen molar-refractivity contribution in [1.82, 2.24) is 9.38 Å². The highest BCUT2D eigenvalue weighted by Crippen LogP contribution is 2.17. The lowest BCUT2D eigenvalue weighted by Crippen LogP contribution is -2.28. The number of hydrogen-bond donors (Lipinski definition) is 1. The largest absolute Gasteiger partial charge is 0.484 e. The average Bonchev–Trinajstić information content (AvgIpc) is 2.91. The fraction of sp³-hybridized carbons (Fsp3) is 0.188. The maximum Gasteiger partial charge on any atom is 0.282 e. The van der Waals surface area contributed by atoms with Crippen LogP contribution in [-0.4, -0.2) is 21.9 Å². The third-order valence-corrected chi connectivity index (χ3v) is 4.56. The van der Waals surface area contributed by atoms with Crippen LogP contribution in [0.25, 0.3) is 4.96 Å². The minimum absolute atomic E-state index is 0.165. The molecule has 0 atom stereocenters. The predicted octanol–water partition coefficient (Wildman–Crippen LogP) is 3.04. The quantitative estimate of drug-likeness (QED) is 0.773. The molecule has 1 N–H and O–H groups in total. The zero-order valence-corrected chi connectivity index (χ0v) is 14.6. The van der Waals surface area contributed by atoms with Crippen LogP contribution in [0.15, 0.2) is 34.4 Å². The first-order valence-electron chi connectivity index (χ1n) is 7.11. The molecule has 3 aromatic rings. The van der Waals surface area contributed by atoms with Crippen LogP contribution in [0.2, 0.25) is 5.02 Å². The molecule has 0 fully saturated rings. The number of aromatic nitrogens is 2. The maximum absolute atomic E-state index is 12.5. The molecule has 1 aromatic carbocycles. The molecule has 0 aliphatic heterocycles. The third kappa shape index (κ3) is 3.27. The van der Waals surface area contributed by atoms with E-state index in [0.29, 0.717) is 21.4 Å². The molecule has 0 aliphatic carbocycles. The smallest absolute Gasteiger partial charge is 0.282 e. The molecule has 0 aliphatic rings. The lowest BCUT2D eigenvalue weighted by atomic mass is 10.3. The molecule has 1 amide bonds. The van der Waals surface area contributed by atoms with Gasteiger partial charge in [0.1, 0.15) is 11.4 Å². The number of amides is 1. The Bertz CT molecular complexity index is 963. The number of thiazole rings is 1. The lowest BCUT2D eigenvalue weighted by molar-refractivity contribution is -0.118. The number of carbonyl (C=O) groups excluding carboxylic acids is 1. The molecular weight excluding hydrogens is 350 g/mol. The van der Waals surface area contributed by atoms with Gasteiger partial charge in [0.15, 0.2) is 11.6 Å². The summed E-state index contributed by atoms with van der Waals surface area (Å²) >= 11 is 7.17. The van der Waals surface area contributed by atoms with E-state index in [2.05, 4.69) is 10.3 Å². The zero-order valence-electron chi connectivity index (χ0n) is 13.0. The van der Waals surface area contributed by atoms with Crippen LogP contribution in [0.1, 0.15) is 11.4 Å². The Morgan fingerprint density at radius 2 is 2.04 bits per heavy atom. The summed E-state index contributed by atoms with van der Waals surface area (Å²) in [5.41, 5.74) is 1.12. The van der Waals surface area contributed by atoms with Gasteiger partial charge >= 0.3 is 0 Å². The second-order valence-electron chi connectivity index (χ2n) is 5.16. The predicted molar refractivity (Wildman–Crippen MR) is 94.4 cm³/mol. The van der Waals surface area contributed by atoms with Gasteiger partial charge < -0.3 is 10.1 Å². The fourth-order valence-electron chi connectivity index (χ4n) is 2.18. The van der Waals surface area contributed by atoms with Crippen LogP contribution in [0.4, 0.5) is 5.69 Å². The lowest BCUT2D eigenvalue weighted by Gasteiger charge is -2.09. The first kappa shape index (κ1) is 16.5. The first-order valence-corrected chi connectivity index (χ1v) is 8.37. The summed E-state index contributed by atoms with van der Waals surface area (Å²) in [6.07, 6.45) is 0. The van der Waals surface area contributed by atoms with Crippen LogP contribution in [0.3, 0.4) is 0 Å². The Labute approximate surface area is 146 Å². The zero-order chi connectivity index (χ0) is 17.3. The number of aryl methyl sites for hydroxylation is 2. The van der Waals surface area contributed by atoms with E-state index in [1.165, 1.54) is 15.7 Å². The fourth-order valence-corrected chi connectivity index (χ4v) is 3.21. The summed E-state index contributed by atoms with van der Waals surface area (Å²) < 4.78 is 6.85. The van der Waals surface area contributed by atoms with Crippen LogP contribution < -0.4 is 15.6 Å². The van der Waals surface area contributed by atoms with Crippen molar-refractivity contribution in [2.45, 2.75) is 13.8 Å². The number of rotatable bonds is 4. The van der Waals surface area contributed by atoms with Crippen molar-refractivity contribution >= 4 is 39.5 Å². The van der Waals surface area contributed by atoms with Crippen LogP contribution in [-0.2, 0) is 4.79 Å². The monoisotopic (exact) mass is 363 g/mol. The van der Waals surface area contributed by atoms with Crippen molar-refractivity contribution in [3.05, 3.63) is 56.4 Å². The number of nitrogens with one attached hydrogen (secondary N) is 1. The van der Waals surface area contributed by atoms with Crippen molar-refractivity contribution in [2.75, 3.05) is 11.9 Å². The Hall–Kier alpha value is -2.38. The second kappa shape index (κ2) is 6.62. The molecule has 24 heavy (non-hydrogen) atoms. The number of benzene rings is 1. The van der Waals surface area contributed by atoms with Crippen molar-refractivity contribution < 1.29 is 9.53 Å². The van der Waals surface area contributed by atoms with E-state index >= 15 is 0 Å². The minimum Gasteiger partial charge on any atom is -0.484 e. The summed E-state index contributed by atoms with van der Waals surface area (Å²) in [5.74, 6) is 0.0880. The Kier molecular flexibility index (Phi) is 4.55. The first-order chi connectivity index (χ1) is 11.5. The van der Waals surface area contributed by atoms with Gasteiger partial charge in [-0.2, -0.15) is 0 Å². The molecule has 0 radical (unpaired) electrons. The van der Waals surface area contributed by atoms with Gasteiger partial charge in [0, 0.05) is 16.1 Å². The molecule has 124 valence electrons. The van der Waals surface area contributed by atoms with Gasteiger partial charge in [-0.25, -0.2) is 4.98 Å². The number of carbonyl (C=O) groups is 1. The summed E-state index contributed by atoms with van der Waals surface area (Å²) in [6, 6.07) is 6.67. The topological polar surface area (TPSA) is 72.7 Å². The summed E-state index contributed by atoms with van der Waals surface area (Å²) in [6.45, 7) is 3.29. The van der Waals surface area contributed by atoms with E-state index in [1.807, 2.05) is 12.3 Å². The van der Waals surface area contributed by atoms with Gasteiger partial charge in [-0.05, 0) is 38.1 Å². The molecule has 2 heterocycles. The highest BCUT2D eigenvalue weighted by molar-refractivity contribution is 7.15. The highest BCUT2D eigenvalue weighted by atomic mass is 35.5. The third-order valence-electron chi connectivity index (χ3n) is 3.37. The molecule has 0 saturated carbocycles. The van der Waals surface area contributed by atoms with E-state index in [1.54, 1.807) is 31.2 Å². The summed E-state index contributed by atoms with van der Waals surface area (Å²) in [4.78, 5) is 29.6. The second-order valence-corrected chi connectivity index (χ2v) is 6.44. The van der Waals surface area contributed by atoms with Crippen molar-refractivity contribution in [2.24, 2.45) is 0 Å². The van der Waals surface area contributed by atoms with Crippen LogP contribution in [0, 0.1) is 13.8 Å². The van der Waals surface area contributed by atoms with E-state index in [0.717, 1.165) is 5.69 Å². The van der Waals surface area contributed by atoms with Gasteiger partial charge in [-0.15, -0.1) is 11.3 Å². The molecule has 0 bridgehead atoms. The molecule has 6 nitrogen and oxygen atoms in total. The number of fused-ring (bicyclic) bond motifs is 1. The number of anilines is 1. The van der Waals surface area contributed by atoms with E-state index in [9.17, 15) is 9.59 Å². The van der Waals surface area contributed by atoms with E-state index in [4.69, 9.17) is 16.3 Å². The number of hydrogen-bond acceptors (Lipinski definition) is 5. The van der Waals surface area contributed by atoms with Gasteiger partial charge in [0.05, 0.1) is 5.69 Å². The van der Waals surface area contributed by atoms with Crippen molar-refractivity contribution in [3.63, 3.8) is 0 Å². The molecule has 0 unspecified atom stereocenters. The normalized spacial score (nSPS) is 10.8.